The van der Waals surface area contributed by atoms with Crippen molar-refractivity contribution >= 4 is 0 Å². The molecule has 21 heavy (non-hydrogen) atoms. The van der Waals surface area contributed by atoms with Gasteiger partial charge in [-0.15, -0.1) is 0 Å². The summed E-state index contributed by atoms with van der Waals surface area (Å²) < 4.78 is 0. The second kappa shape index (κ2) is 10.0. The third kappa shape index (κ3) is 5.85. The van der Waals surface area contributed by atoms with Crippen LogP contribution >= 0.6 is 0 Å². The van der Waals surface area contributed by atoms with E-state index in [-0.39, 0.29) is 0 Å². The molecule has 0 bridgehead atoms. The van der Waals surface area contributed by atoms with Gasteiger partial charge in [0.05, 0.1) is 0 Å². The monoisotopic (exact) mass is 286 g/mol. The molecule has 0 saturated carbocycles. The van der Waals surface area contributed by atoms with E-state index in [0.717, 1.165) is 5.92 Å². The SMILES string of the molecule is CCCCCCCCCCCCC1CCc2ccccc21. The van der Waals surface area contributed by atoms with Gasteiger partial charge >= 0.3 is 0 Å². The molecule has 0 radical (unpaired) electrons. The number of benzene rings is 1. The molecule has 1 aromatic rings. The lowest BCUT2D eigenvalue weighted by Gasteiger charge is -2.11. The van der Waals surface area contributed by atoms with Crippen LogP contribution in [0.5, 0.6) is 0 Å². The first-order chi connectivity index (χ1) is 10.4. The van der Waals surface area contributed by atoms with Crippen LogP contribution in [0, 0.1) is 0 Å². The van der Waals surface area contributed by atoms with Gasteiger partial charge in [0.15, 0.2) is 0 Å². The van der Waals surface area contributed by atoms with Gasteiger partial charge in [0.2, 0.25) is 0 Å². The highest BCUT2D eigenvalue weighted by atomic mass is 14.3. The van der Waals surface area contributed by atoms with E-state index in [1.165, 1.54) is 83.5 Å². The Hall–Kier alpha value is -0.780. The summed E-state index contributed by atoms with van der Waals surface area (Å²) in [5.41, 5.74) is 3.28. The summed E-state index contributed by atoms with van der Waals surface area (Å²) in [5, 5.41) is 0. The predicted octanol–water partition coefficient (Wildman–Crippen LogP) is 7.03. The van der Waals surface area contributed by atoms with Gasteiger partial charge in [0.1, 0.15) is 0 Å². The van der Waals surface area contributed by atoms with E-state index in [1.807, 2.05) is 0 Å². The molecule has 0 nitrogen and oxygen atoms in total. The first-order valence-corrected chi connectivity index (χ1v) is 9.49. The molecule has 0 N–H and O–H groups in total. The lowest BCUT2D eigenvalue weighted by atomic mass is 9.94. The molecule has 118 valence electrons. The Bertz CT molecular complexity index is 379. The van der Waals surface area contributed by atoms with E-state index >= 15 is 0 Å². The number of unbranched alkanes of at least 4 members (excludes halogenated alkanes) is 9. The molecular formula is C21H34. The zero-order chi connectivity index (χ0) is 14.8. The van der Waals surface area contributed by atoms with Crippen molar-refractivity contribution in [1.82, 2.24) is 0 Å². The molecular weight excluding hydrogens is 252 g/mol. The van der Waals surface area contributed by atoms with Crippen molar-refractivity contribution in [3.8, 4) is 0 Å². The van der Waals surface area contributed by atoms with Crippen LogP contribution in [0.1, 0.15) is 101 Å². The van der Waals surface area contributed by atoms with Crippen LogP contribution in [0.4, 0.5) is 0 Å². The van der Waals surface area contributed by atoms with Crippen LogP contribution in [0.15, 0.2) is 24.3 Å². The summed E-state index contributed by atoms with van der Waals surface area (Å²) in [4.78, 5) is 0. The minimum atomic E-state index is 0.871. The van der Waals surface area contributed by atoms with Crippen molar-refractivity contribution in [2.75, 3.05) is 0 Å². The fourth-order valence-electron chi connectivity index (χ4n) is 3.82. The van der Waals surface area contributed by atoms with Crippen molar-refractivity contribution in [3.05, 3.63) is 35.4 Å². The molecule has 1 atom stereocenters. The third-order valence-electron chi connectivity index (χ3n) is 5.16. The van der Waals surface area contributed by atoms with Crippen LogP contribution in [-0.2, 0) is 6.42 Å². The van der Waals surface area contributed by atoms with Gasteiger partial charge in [0.25, 0.3) is 0 Å². The van der Waals surface area contributed by atoms with E-state index < -0.39 is 0 Å². The Balaban J connectivity index is 1.46. The highest BCUT2D eigenvalue weighted by molar-refractivity contribution is 5.34. The Kier molecular flexibility index (Phi) is 7.92. The molecule has 0 aliphatic heterocycles. The van der Waals surface area contributed by atoms with Gasteiger partial charge in [-0.2, -0.15) is 0 Å². The largest absolute Gasteiger partial charge is 0.0654 e. The van der Waals surface area contributed by atoms with Gasteiger partial charge in [-0.1, -0.05) is 95.4 Å². The van der Waals surface area contributed by atoms with Crippen molar-refractivity contribution in [2.24, 2.45) is 0 Å². The van der Waals surface area contributed by atoms with Crippen LogP contribution < -0.4 is 0 Å². The summed E-state index contributed by atoms with van der Waals surface area (Å²) in [5.74, 6) is 0.871. The number of aryl methyl sites for hydroxylation is 1. The van der Waals surface area contributed by atoms with Crippen molar-refractivity contribution in [3.63, 3.8) is 0 Å². The molecule has 0 heterocycles. The fourth-order valence-corrected chi connectivity index (χ4v) is 3.82. The summed E-state index contributed by atoms with van der Waals surface area (Å²) >= 11 is 0. The minimum Gasteiger partial charge on any atom is -0.0654 e. The van der Waals surface area contributed by atoms with Crippen molar-refractivity contribution in [2.45, 2.75) is 96.3 Å². The van der Waals surface area contributed by atoms with E-state index in [0.29, 0.717) is 0 Å². The molecule has 1 aromatic carbocycles. The summed E-state index contributed by atoms with van der Waals surface area (Å²) in [7, 11) is 0. The summed E-state index contributed by atoms with van der Waals surface area (Å²) in [6, 6.07) is 9.11. The zero-order valence-electron chi connectivity index (χ0n) is 14.1. The number of fused-ring (bicyclic) bond motifs is 1. The second-order valence-electron chi connectivity index (χ2n) is 6.91. The number of rotatable bonds is 11. The quantitative estimate of drug-likeness (QED) is 0.383. The molecule has 2 rings (SSSR count). The standard InChI is InChI=1S/C21H34/c1-2-3-4-5-6-7-8-9-10-11-14-19-17-18-20-15-12-13-16-21(19)20/h12-13,15-16,19H,2-11,14,17-18H2,1H3. The van der Waals surface area contributed by atoms with Gasteiger partial charge in [0, 0.05) is 0 Å². The zero-order valence-corrected chi connectivity index (χ0v) is 14.1. The Morgan fingerprint density at radius 2 is 1.43 bits per heavy atom. The topological polar surface area (TPSA) is 0 Å². The van der Waals surface area contributed by atoms with E-state index in [4.69, 9.17) is 0 Å². The first kappa shape index (κ1) is 16.6. The lowest BCUT2D eigenvalue weighted by Crippen LogP contribution is -1.93. The molecule has 0 fully saturated rings. The van der Waals surface area contributed by atoms with Gasteiger partial charge in [-0.25, -0.2) is 0 Å². The fraction of sp³-hybridized carbons (Fsp3) is 0.714. The van der Waals surface area contributed by atoms with E-state index in [1.54, 1.807) is 11.1 Å². The normalized spacial score (nSPS) is 17.1. The Morgan fingerprint density at radius 1 is 0.810 bits per heavy atom. The minimum absolute atomic E-state index is 0.871. The van der Waals surface area contributed by atoms with Crippen molar-refractivity contribution < 1.29 is 0 Å². The number of hydrogen-bond donors (Lipinski definition) is 0. The Morgan fingerprint density at radius 3 is 2.14 bits per heavy atom. The summed E-state index contributed by atoms with van der Waals surface area (Å²) in [6.45, 7) is 2.29. The van der Waals surface area contributed by atoms with Gasteiger partial charge in [-0.3, -0.25) is 0 Å². The van der Waals surface area contributed by atoms with Crippen molar-refractivity contribution in [1.29, 1.82) is 0 Å². The Labute approximate surface area is 132 Å². The second-order valence-corrected chi connectivity index (χ2v) is 6.91. The van der Waals surface area contributed by atoms with Crippen LogP contribution in [0.3, 0.4) is 0 Å². The molecule has 0 amide bonds. The first-order valence-electron chi connectivity index (χ1n) is 9.49. The molecule has 0 heteroatoms. The third-order valence-corrected chi connectivity index (χ3v) is 5.16. The van der Waals surface area contributed by atoms with Gasteiger partial charge in [-0.05, 0) is 36.3 Å². The van der Waals surface area contributed by atoms with Crippen LogP contribution in [0.25, 0.3) is 0 Å². The average molecular weight is 287 g/mol. The number of hydrogen-bond acceptors (Lipinski definition) is 0. The van der Waals surface area contributed by atoms with Crippen LogP contribution in [0.2, 0.25) is 0 Å². The molecule has 0 saturated heterocycles. The molecule has 1 unspecified atom stereocenters. The smallest absolute Gasteiger partial charge is 0.0156 e. The maximum atomic E-state index is 2.36. The molecule has 1 aliphatic carbocycles. The van der Waals surface area contributed by atoms with Crippen LogP contribution in [-0.4, -0.2) is 0 Å². The van der Waals surface area contributed by atoms with E-state index in [2.05, 4.69) is 31.2 Å². The predicted molar refractivity (Wildman–Crippen MR) is 94.0 cm³/mol. The average Bonchev–Trinajstić information content (AvgIpc) is 2.92. The molecule has 1 aliphatic rings. The molecule has 0 spiro atoms. The van der Waals surface area contributed by atoms with Gasteiger partial charge < -0.3 is 0 Å². The maximum Gasteiger partial charge on any atom is -0.0156 e. The molecule has 0 aromatic heterocycles. The van der Waals surface area contributed by atoms with E-state index in [9.17, 15) is 0 Å². The lowest BCUT2D eigenvalue weighted by molar-refractivity contribution is 0.522. The summed E-state index contributed by atoms with van der Waals surface area (Å²) in [6.07, 6.45) is 18.6. The maximum absolute atomic E-state index is 2.36. The highest BCUT2D eigenvalue weighted by Gasteiger charge is 2.20. The highest BCUT2D eigenvalue weighted by Crippen LogP contribution is 2.36.